The number of fused-ring (bicyclic) bond motifs is 1. The zero-order valence-electron chi connectivity index (χ0n) is 16.5. The molecular formula is C25H22FN3O. The van der Waals surface area contributed by atoms with Crippen molar-refractivity contribution in [2.45, 2.75) is 25.3 Å². The van der Waals surface area contributed by atoms with Crippen LogP contribution in [-0.2, 0) is 17.8 Å². The summed E-state index contributed by atoms with van der Waals surface area (Å²) in [6.07, 6.45) is 1.31. The van der Waals surface area contributed by atoms with Crippen molar-refractivity contribution in [2.75, 3.05) is 11.4 Å². The molecule has 0 aliphatic carbocycles. The van der Waals surface area contributed by atoms with E-state index in [1.54, 1.807) is 17.0 Å². The number of anilines is 1. The first-order valence-electron chi connectivity index (χ1n) is 10.2. The lowest BCUT2D eigenvalue weighted by Crippen LogP contribution is -2.24. The summed E-state index contributed by atoms with van der Waals surface area (Å²) >= 11 is 0. The molecule has 3 aromatic carbocycles. The maximum atomic E-state index is 13.3. The quantitative estimate of drug-likeness (QED) is 0.477. The minimum Gasteiger partial charge on any atom is -0.327 e. The molecule has 0 saturated carbocycles. The highest BCUT2D eigenvalue weighted by Gasteiger charge is 2.34. The predicted octanol–water partition coefficient (Wildman–Crippen LogP) is 4.94. The summed E-state index contributed by atoms with van der Waals surface area (Å²) in [7, 11) is 0. The van der Waals surface area contributed by atoms with Gasteiger partial charge in [-0.05, 0) is 48.4 Å². The number of carbonyl (C=O) groups is 1. The summed E-state index contributed by atoms with van der Waals surface area (Å²) in [4.78, 5) is 19.4. The van der Waals surface area contributed by atoms with Gasteiger partial charge in [0.25, 0.3) is 0 Å². The molecule has 5 heteroatoms. The molecule has 1 aliphatic rings. The summed E-state index contributed by atoms with van der Waals surface area (Å²) < 4.78 is 15.5. The van der Waals surface area contributed by atoms with E-state index in [0.29, 0.717) is 13.0 Å². The van der Waals surface area contributed by atoms with Crippen molar-refractivity contribution >= 4 is 22.6 Å². The molecule has 2 heterocycles. The van der Waals surface area contributed by atoms with Gasteiger partial charge in [-0.3, -0.25) is 4.79 Å². The lowest BCUT2D eigenvalue weighted by molar-refractivity contribution is -0.117. The van der Waals surface area contributed by atoms with Crippen molar-refractivity contribution in [3.63, 3.8) is 0 Å². The van der Waals surface area contributed by atoms with E-state index in [4.69, 9.17) is 4.98 Å². The molecule has 0 bridgehead atoms. The Kier molecular flexibility index (Phi) is 4.79. The van der Waals surface area contributed by atoms with Crippen LogP contribution >= 0.6 is 0 Å². The van der Waals surface area contributed by atoms with Crippen LogP contribution in [-0.4, -0.2) is 22.0 Å². The SMILES string of the molecule is O=C1C[C@H](c2nc3ccccc3n2CCc2ccccc2)CN1c1ccc(F)cc1. The molecule has 4 nitrogen and oxygen atoms in total. The highest BCUT2D eigenvalue weighted by atomic mass is 19.1. The Bertz CT molecular complexity index is 1180. The fraction of sp³-hybridized carbons (Fsp3) is 0.200. The maximum Gasteiger partial charge on any atom is 0.227 e. The molecule has 1 aromatic heterocycles. The largest absolute Gasteiger partial charge is 0.327 e. The number of para-hydroxylation sites is 2. The van der Waals surface area contributed by atoms with Gasteiger partial charge in [0, 0.05) is 31.1 Å². The second kappa shape index (κ2) is 7.75. The Morgan fingerprint density at radius 2 is 1.67 bits per heavy atom. The number of aromatic nitrogens is 2. The molecule has 1 saturated heterocycles. The molecule has 1 aliphatic heterocycles. The van der Waals surface area contributed by atoms with Crippen LogP contribution in [0.15, 0.2) is 78.9 Å². The fourth-order valence-corrected chi connectivity index (χ4v) is 4.28. The van der Waals surface area contributed by atoms with Gasteiger partial charge in [-0.2, -0.15) is 0 Å². The molecule has 1 fully saturated rings. The molecule has 0 radical (unpaired) electrons. The topological polar surface area (TPSA) is 38.1 Å². The van der Waals surface area contributed by atoms with E-state index in [1.807, 2.05) is 24.3 Å². The predicted molar refractivity (Wildman–Crippen MR) is 116 cm³/mol. The van der Waals surface area contributed by atoms with Crippen molar-refractivity contribution in [3.8, 4) is 0 Å². The van der Waals surface area contributed by atoms with Gasteiger partial charge in [-0.1, -0.05) is 42.5 Å². The molecule has 0 unspecified atom stereocenters. The highest BCUT2D eigenvalue weighted by molar-refractivity contribution is 5.96. The number of imidazole rings is 1. The van der Waals surface area contributed by atoms with Crippen molar-refractivity contribution in [3.05, 3.63) is 96.1 Å². The number of halogens is 1. The van der Waals surface area contributed by atoms with Crippen LogP contribution in [0.1, 0.15) is 23.7 Å². The summed E-state index contributed by atoms with van der Waals surface area (Å²) in [6.45, 7) is 1.36. The van der Waals surface area contributed by atoms with E-state index in [1.165, 1.54) is 17.7 Å². The molecule has 0 spiro atoms. The number of hydrogen-bond acceptors (Lipinski definition) is 2. The second-order valence-corrected chi connectivity index (χ2v) is 7.73. The number of amides is 1. The lowest BCUT2D eigenvalue weighted by atomic mass is 10.1. The van der Waals surface area contributed by atoms with E-state index in [2.05, 4.69) is 34.9 Å². The third kappa shape index (κ3) is 3.47. The Balaban J connectivity index is 1.46. The van der Waals surface area contributed by atoms with Crippen LogP contribution in [0.5, 0.6) is 0 Å². The molecule has 0 N–H and O–H groups in total. The molecule has 4 aromatic rings. The van der Waals surface area contributed by atoms with Crippen LogP contribution in [0.4, 0.5) is 10.1 Å². The van der Waals surface area contributed by atoms with E-state index in [0.717, 1.165) is 35.5 Å². The van der Waals surface area contributed by atoms with Gasteiger partial charge in [0.2, 0.25) is 5.91 Å². The monoisotopic (exact) mass is 399 g/mol. The number of carbonyl (C=O) groups excluding carboxylic acids is 1. The van der Waals surface area contributed by atoms with Gasteiger partial charge >= 0.3 is 0 Å². The number of hydrogen-bond donors (Lipinski definition) is 0. The molecule has 30 heavy (non-hydrogen) atoms. The maximum absolute atomic E-state index is 13.3. The Morgan fingerprint density at radius 3 is 2.47 bits per heavy atom. The van der Waals surface area contributed by atoms with Gasteiger partial charge in [0.1, 0.15) is 11.6 Å². The molecule has 150 valence electrons. The van der Waals surface area contributed by atoms with Gasteiger partial charge in [-0.25, -0.2) is 9.37 Å². The van der Waals surface area contributed by atoms with Crippen LogP contribution < -0.4 is 4.90 Å². The Morgan fingerprint density at radius 1 is 0.933 bits per heavy atom. The standard InChI is InChI=1S/C25H22FN3O/c26-20-10-12-21(13-11-20)29-17-19(16-24(29)30)25-27-22-8-4-5-9-23(22)28(25)15-14-18-6-2-1-3-7-18/h1-13,19H,14-17H2/t19-/m0/s1. The zero-order chi connectivity index (χ0) is 20.5. The minimum absolute atomic E-state index is 0.00530. The minimum atomic E-state index is -0.301. The van der Waals surface area contributed by atoms with Crippen LogP contribution in [0.3, 0.4) is 0 Å². The van der Waals surface area contributed by atoms with Crippen molar-refractivity contribution in [1.82, 2.24) is 9.55 Å². The third-order valence-electron chi connectivity index (χ3n) is 5.78. The van der Waals surface area contributed by atoms with Gasteiger partial charge in [-0.15, -0.1) is 0 Å². The van der Waals surface area contributed by atoms with Crippen molar-refractivity contribution < 1.29 is 9.18 Å². The molecular weight excluding hydrogens is 377 g/mol. The van der Waals surface area contributed by atoms with Gasteiger partial charge in [0.15, 0.2) is 0 Å². The summed E-state index contributed by atoms with van der Waals surface area (Å²) in [5, 5.41) is 0. The smallest absolute Gasteiger partial charge is 0.227 e. The first-order valence-corrected chi connectivity index (χ1v) is 10.2. The van der Waals surface area contributed by atoms with Crippen LogP contribution in [0.25, 0.3) is 11.0 Å². The van der Waals surface area contributed by atoms with Crippen molar-refractivity contribution in [1.29, 1.82) is 0 Å². The van der Waals surface area contributed by atoms with Gasteiger partial charge < -0.3 is 9.47 Å². The average molecular weight is 399 g/mol. The number of rotatable bonds is 5. The van der Waals surface area contributed by atoms with Crippen LogP contribution in [0.2, 0.25) is 0 Å². The zero-order valence-corrected chi connectivity index (χ0v) is 16.5. The van der Waals surface area contributed by atoms with E-state index < -0.39 is 0 Å². The summed E-state index contributed by atoms with van der Waals surface area (Å²) in [5.74, 6) is 0.703. The number of nitrogens with zero attached hydrogens (tertiary/aromatic N) is 3. The average Bonchev–Trinajstić information content (AvgIpc) is 3.34. The van der Waals surface area contributed by atoms with Crippen molar-refractivity contribution in [2.24, 2.45) is 0 Å². The number of benzene rings is 3. The normalized spacial score (nSPS) is 16.5. The third-order valence-corrected chi connectivity index (χ3v) is 5.78. The van der Waals surface area contributed by atoms with E-state index >= 15 is 0 Å². The lowest BCUT2D eigenvalue weighted by Gasteiger charge is -2.17. The van der Waals surface area contributed by atoms with Gasteiger partial charge in [0.05, 0.1) is 11.0 Å². The van der Waals surface area contributed by atoms with E-state index in [9.17, 15) is 9.18 Å². The molecule has 5 rings (SSSR count). The Hall–Kier alpha value is -3.47. The first kappa shape index (κ1) is 18.6. The highest BCUT2D eigenvalue weighted by Crippen LogP contribution is 2.33. The second-order valence-electron chi connectivity index (χ2n) is 7.73. The first-order chi connectivity index (χ1) is 14.7. The fourth-order valence-electron chi connectivity index (χ4n) is 4.28. The molecule has 1 amide bonds. The Labute approximate surface area is 174 Å². The summed E-state index contributed by atoms with van der Waals surface area (Å²) in [6, 6.07) is 24.6. The van der Waals surface area contributed by atoms with Crippen LogP contribution in [0, 0.1) is 5.82 Å². The number of aryl methyl sites for hydroxylation is 2. The van der Waals surface area contributed by atoms with E-state index in [-0.39, 0.29) is 17.6 Å². The summed E-state index contributed by atoms with van der Waals surface area (Å²) in [5.41, 5.74) is 4.05. The molecule has 1 atom stereocenters.